The Hall–Kier alpha value is -2.56. The molecule has 128 valence electrons. The van der Waals surface area contributed by atoms with E-state index in [0.29, 0.717) is 18.3 Å². The fourth-order valence-corrected chi connectivity index (χ4v) is 2.31. The molecule has 1 atom stereocenters. The van der Waals surface area contributed by atoms with Crippen molar-refractivity contribution in [2.45, 2.75) is 32.7 Å². The quantitative estimate of drug-likeness (QED) is 0.808. The zero-order chi connectivity index (χ0) is 17.4. The van der Waals surface area contributed by atoms with Crippen LogP contribution in [0.2, 0.25) is 0 Å². The molecule has 0 radical (unpaired) electrons. The first-order valence-corrected chi connectivity index (χ1v) is 8.11. The second-order valence-corrected chi connectivity index (χ2v) is 5.62. The van der Waals surface area contributed by atoms with Crippen LogP contribution in [0.15, 0.2) is 42.6 Å². The number of nitrogens with zero attached hydrogens (tertiary/aromatic N) is 1. The molecule has 1 N–H and O–H groups in total. The van der Waals surface area contributed by atoms with Gasteiger partial charge in [-0.15, -0.1) is 0 Å². The van der Waals surface area contributed by atoms with Gasteiger partial charge in [0.15, 0.2) is 6.61 Å². The molecule has 0 saturated carbocycles. The molecule has 1 aromatic carbocycles. The minimum Gasteiger partial charge on any atom is -0.483 e. The molecule has 0 aliphatic carbocycles. The summed E-state index contributed by atoms with van der Waals surface area (Å²) in [5.41, 5.74) is 2.06. The van der Waals surface area contributed by atoms with Crippen molar-refractivity contribution >= 4 is 5.91 Å². The van der Waals surface area contributed by atoms with Crippen LogP contribution < -0.4 is 14.8 Å². The van der Waals surface area contributed by atoms with Crippen LogP contribution in [0.4, 0.5) is 0 Å². The maximum atomic E-state index is 12.0. The van der Waals surface area contributed by atoms with Crippen molar-refractivity contribution < 1.29 is 14.3 Å². The monoisotopic (exact) mass is 328 g/mol. The fraction of sp³-hybridized carbons (Fsp3) is 0.368. The van der Waals surface area contributed by atoms with Gasteiger partial charge in [-0.25, -0.2) is 4.98 Å². The number of hydrogen-bond acceptors (Lipinski definition) is 4. The van der Waals surface area contributed by atoms with E-state index in [-0.39, 0.29) is 12.5 Å². The summed E-state index contributed by atoms with van der Waals surface area (Å²) in [5, 5.41) is 2.84. The van der Waals surface area contributed by atoms with Gasteiger partial charge in [-0.1, -0.05) is 32.0 Å². The van der Waals surface area contributed by atoms with E-state index in [1.54, 1.807) is 19.4 Å². The number of aromatic nitrogens is 1. The molecule has 0 spiro atoms. The Morgan fingerprint density at radius 2 is 2.08 bits per heavy atom. The molecular weight excluding hydrogens is 304 g/mol. The normalized spacial score (nSPS) is 11.6. The summed E-state index contributed by atoms with van der Waals surface area (Å²) in [6.45, 7) is 4.69. The van der Waals surface area contributed by atoms with E-state index in [9.17, 15) is 4.79 Å². The van der Waals surface area contributed by atoms with Gasteiger partial charge in [0.05, 0.1) is 7.11 Å². The third kappa shape index (κ3) is 4.98. The van der Waals surface area contributed by atoms with Gasteiger partial charge in [0.25, 0.3) is 5.91 Å². The number of pyridine rings is 1. The van der Waals surface area contributed by atoms with E-state index >= 15 is 0 Å². The zero-order valence-electron chi connectivity index (χ0n) is 14.4. The van der Waals surface area contributed by atoms with Crippen molar-refractivity contribution in [1.29, 1.82) is 0 Å². The molecule has 0 saturated heterocycles. The number of methoxy groups -OCH3 is 1. The first-order valence-electron chi connectivity index (χ1n) is 8.11. The van der Waals surface area contributed by atoms with Crippen LogP contribution in [0, 0.1) is 0 Å². The number of rotatable bonds is 8. The summed E-state index contributed by atoms with van der Waals surface area (Å²) >= 11 is 0. The number of hydrogen-bond donors (Lipinski definition) is 1. The molecule has 1 amide bonds. The summed E-state index contributed by atoms with van der Waals surface area (Å²) < 4.78 is 10.8. The summed E-state index contributed by atoms with van der Waals surface area (Å²) in [6.07, 6.45) is 2.68. The number of carbonyl (C=O) groups is 1. The van der Waals surface area contributed by atoms with Crippen LogP contribution in [0.25, 0.3) is 0 Å². The summed E-state index contributed by atoms with van der Waals surface area (Å²) in [7, 11) is 1.56. The van der Waals surface area contributed by atoms with Crippen LogP contribution in [-0.4, -0.2) is 24.6 Å². The Kier molecular flexibility index (Phi) is 6.61. The molecule has 0 bridgehead atoms. The SMILES string of the molecule is CC[C@@H](C)c1ccccc1OCC(=O)NCc1ccnc(OC)c1. The first kappa shape index (κ1) is 17.8. The Morgan fingerprint density at radius 3 is 2.83 bits per heavy atom. The van der Waals surface area contributed by atoms with Crippen molar-refractivity contribution in [2.24, 2.45) is 0 Å². The van der Waals surface area contributed by atoms with Crippen molar-refractivity contribution in [2.75, 3.05) is 13.7 Å². The Balaban J connectivity index is 1.87. The van der Waals surface area contributed by atoms with Gasteiger partial charge in [0, 0.05) is 18.8 Å². The Bertz CT molecular complexity index is 673. The van der Waals surface area contributed by atoms with E-state index in [0.717, 1.165) is 23.3 Å². The van der Waals surface area contributed by atoms with Gasteiger partial charge in [0.2, 0.25) is 5.88 Å². The Labute approximate surface area is 143 Å². The maximum Gasteiger partial charge on any atom is 0.258 e. The standard InChI is InChI=1S/C19H24N2O3/c1-4-14(2)16-7-5-6-8-17(16)24-13-18(22)21-12-15-9-10-20-19(11-15)23-3/h5-11,14H,4,12-13H2,1-3H3,(H,21,22)/t14-/m1/s1. The third-order valence-electron chi connectivity index (χ3n) is 3.92. The van der Waals surface area contributed by atoms with E-state index in [2.05, 4.69) is 24.1 Å². The molecule has 1 aromatic heterocycles. The summed E-state index contributed by atoms with van der Waals surface area (Å²) in [6, 6.07) is 11.5. The number of ether oxygens (including phenoxy) is 2. The molecular formula is C19H24N2O3. The second-order valence-electron chi connectivity index (χ2n) is 5.62. The highest BCUT2D eigenvalue weighted by Crippen LogP contribution is 2.28. The van der Waals surface area contributed by atoms with Gasteiger partial charge < -0.3 is 14.8 Å². The fourth-order valence-electron chi connectivity index (χ4n) is 2.31. The highest BCUT2D eigenvalue weighted by molar-refractivity contribution is 5.77. The van der Waals surface area contributed by atoms with E-state index < -0.39 is 0 Å². The molecule has 1 heterocycles. The number of benzene rings is 1. The highest BCUT2D eigenvalue weighted by Gasteiger charge is 2.11. The van der Waals surface area contributed by atoms with E-state index in [4.69, 9.17) is 9.47 Å². The molecule has 24 heavy (non-hydrogen) atoms. The van der Waals surface area contributed by atoms with Crippen molar-refractivity contribution in [3.63, 3.8) is 0 Å². The zero-order valence-corrected chi connectivity index (χ0v) is 14.4. The van der Waals surface area contributed by atoms with Gasteiger partial charge in [-0.05, 0) is 35.6 Å². The summed E-state index contributed by atoms with van der Waals surface area (Å²) in [4.78, 5) is 16.0. The molecule has 0 aliphatic heterocycles. The first-order chi connectivity index (χ1) is 11.6. The van der Waals surface area contributed by atoms with Crippen LogP contribution in [-0.2, 0) is 11.3 Å². The second kappa shape index (κ2) is 8.91. The lowest BCUT2D eigenvalue weighted by atomic mass is 9.98. The van der Waals surface area contributed by atoms with Gasteiger partial charge in [-0.2, -0.15) is 0 Å². The molecule has 5 heteroatoms. The maximum absolute atomic E-state index is 12.0. The molecule has 5 nitrogen and oxygen atoms in total. The number of carbonyl (C=O) groups excluding carboxylic acids is 1. The van der Waals surface area contributed by atoms with E-state index in [1.165, 1.54) is 0 Å². The smallest absolute Gasteiger partial charge is 0.258 e. The van der Waals surface area contributed by atoms with Crippen LogP contribution in [0.5, 0.6) is 11.6 Å². The molecule has 0 unspecified atom stereocenters. The largest absolute Gasteiger partial charge is 0.483 e. The number of amides is 1. The Morgan fingerprint density at radius 1 is 1.29 bits per heavy atom. The highest BCUT2D eigenvalue weighted by atomic mass is 16.5. The predicted octanol–water partition coefficient (Wildman–Crippen LogP) is 3.30. The van der Waals surface area contributed by atoms with Gasteiger partial charge >= 0.3 is 0 Å². The predicted molar refractivity (Wildman–Crippen MR) is 93.3 cm³/mol. The van der Waals surface area contributed by atoms with Crippen molar-refractivity contribution in [1.82, 2.24) is 10.3 Å². The lowest BCUT2D eigenvalue weighted by Crippen LogP contribution is -2.28. The average Bonchev–Trinajstić information content (AvgIpc) is 2.64. The van der Waals surface area contributed by atoms with Gasteiger partial charge in [-0.3, -0.25) is 4.79 Å². The average molecular weight is 328 g/mol. The van der Waals surface area contributed by atoms with Crippen molar-refractivity contribution in [3.8, 4) is 11.6 Å². The lowest BCUT2D eigenvalue weighted by molar-refractivity contribution is -0.123. The lowest BCUT2D eigenvalue weighted by Gasteiger charge is -2.15. The third-order valence-corrected chi connectivity index (χ3v) is 3.92. The van der Waals surface area contributed by atoms with Crippen molar-refractivity contribution in [3.05, 3.63) is 53.7 Å². The van der Waals surface area contributed by atoms with Crippen LogP contribution in [0.3, 0.4) is 0 Å². The molecule has 2 rings (SSSR count). The van der Waals surface area contributed by atoms with Gasteiger partial charge in [0.1, 0.15) is 5.75 Å². The van der Waals surface area contributed by atoms with Crippen LogP contribution >= 0.6 is 0 Å². The van der Waals surface area contributed by atoms with E-state index in [1.807, 2.05) is 30.3 Å². The number of para-hydroxylation sites is 1. The summed E-state index contributed by atoms with van der Waals surface area (Å²) in [5.74, 6) is 1.53. The molecule has 2 aromatic rings. The topological polar surface area (TPSA) is 60.5 Å². The minimum absolute atomic E-state index is 0.00430. The molecule has 0 aliphatic rings. The minimum atomic E-state index is -0.162. The number of nitrogens with one attached hydrogen (secondary N) is 1. The van der Waals surface area contributed by atoms with Crippen LogP contribution in [0.1, 0.15) is 37.3 Å². The molecule has 0 fully saturated rings.